The van der Waals surface area contributed by atoms with Crippen molar-refractivity contribution in [3.05, 3.63) is 65.7 Å². The van der Waals surface area contributed by atoms with Gasteiger partial charge in [-0.1, -0.05) is 24.3 Å². The molecule has 3 aromatic rings. The summed E-state index contributed by atoms with van der Waals surface area (Å²) in [7, 11) is 1.60. The first-order valence-electron chi connectivity index (χ1n) is 8.32. The summed E-state index contributed by atoms with van der Waals surface area (Å²) >= 11 is 1.64. The SMILES string of the molecule is COc1ccccc1Nc1nc(N)nc(CSC(C)c2ccc(F)cc2)n1. The van der Waals surface area contributed by atoms with Gasteiger partial charge in [-0.05, 0) is 36.8 Å². The Kier molecular flexibility index (Phi) is 6.08. The number of nitrogens with two attached hydrogens (primary N) is 1. The number of benzene rings is 2. The van der Waals surface area contributed by atoms with Gasteiger partial charge in [-0.25, -0.2) is 4.39 Å². The van der Waals surface area contributed by atoms with Crippen molar-refractivity contribution in [1.82, 2.24) is 15.0 Å². The van der Waals surface area contributed by atoms with Crippen LogP contribution in [0.3, 0.4) is 0 Å². The Hall–Kier alpha value is -2.87. The van der Waals surface area contributed by atoms with Gasteiger partial charge in [0, 0.05) is 5.25 Å². The number of nitrogens with one attached hydrogen (secondary N) is 1. The molecule has 0 amide bonds. The average Bonchev–Trinajstić information content (AvgIpc) is 2.67. The number of aromatic nitrogens is 3. The lowest BCUT2D eigenvalue weighted by molar-refractivity contribution is 0.417. The quantitative estimate of drug-likeness (QED) is 0.626. The summed E-state index contributed by atoms with van der Waals surface area (Å²) in [6.07, 6.45) is 0. The number of rotatable bonds is 7. The number of para-hydroxylation sites is 2. The van der Waals surface area contributed by atoms with Crippen molar-refractivity contribution >= 4 is 29.3 Å². The minimum absolute atomic E-state index is 0.146. The Bertz CT molecular complexity index is 907. The van der Waals surface area contributed by atoms with Gasteiger partial charge in [0.2, 0.25) is 11.9 Å². The second kappa shape index (κ2) is 8.68. The van der Waals surface area contributed by atoms with E-state index in [2.05, 4.69) is 27.2 Å². The van der Waals surface area contributed by atoms with Gasteiger partial charge in [0.1, 0.15) is 17.4 Å². The molecule has 0 bridgehead atoms. The standard InChI is InChI=1S/C19H20FN5OS/c1-12(13-7-9-14(20)10-8-13)27-11-17-23-18(21)25-19(24-17)22-15-5-3-4-6-16(15)26-2/h3-10,12H,11H2,1-2H3,(H3,21,22,23,24,25). The Labute approximate surface area is 161 Å². The summed E-state index contributed by atoms with van der Waals surface area (Å²) in [5, 5.41) is 3.27. The molecule has 0 aliphatic carbocycles. The number of halogens is 1. The zero-order valence-electron chi connectivity index (χ0n) is 15.0. The molecule has 0 saturated heterocycles. The lowest BCUT2D eigenvalue weighted by atomic mass is 10.2. The highest BCUT2D eigenvalue weighted by Gasteiger charge is 2.11. The number of nitrogen functional groups attached to an aromatic ring is 1. The number of hydrogen-bond acceptors (Lipinski definition) is 7. The van der Waals surface area contributed by atoms with E-state index < -0.39 is 0 Å². The highest BCUT2D eigenvalue weighted by atomic mass is 32.2. The second-order valence-corrected chi connectivity index (χ2v) is 7.09. The van der Waals surface area contributed by atoms with Crippen LogP contribution in [0.1, 0.15) is 23.6 Å². The second-order valence-electron chi connectivity index (χ2n) is 5.76. The zero-order valence-corrected chi connectivity index (χ0v) is 15.8. The normalized spacial score (nSPS) is 11.8. The van der Waals surface area contributed by atoms with Gasteiger partial charge in [-0.3, -0.25) is 0 Å². The molecule has 0 spiro atoms. The number of thioether (sulfide) groups is 1. The number of ether oxygens (including phenoxy) is 1. The fraction of sp³-hybridized carbons (Fsp3) is 0.211. The van der Waals surface area contributed by atoms with E-state index in [9.17, 15) is 4.39 Å². The first kappa shape index (κ1) is 18.9. The van der Waals surface area contributed by atoms with Crippen molar-refractivity contribution in [3.63, 3.8) is 0 Å². The molecule has 1 heterocycles. The van der Waals surface area contributed by atoms with Gasteiger partial charge < -0.3 is 15.8 Å². The Morgan fingerprint density at radius 2 is 1.85 bits per heavy atom. The third-order valence-corrected chi connectivity index (χ3v) is 5.05. The fourth-order valence-electron chi connectivity index (χ4n) is 2.46. The highest BCUT2D eigenvalue weighted by Crippen LogP contribution is 2.31. The van der Waals surface area contributed by atoms with E-state index in [1.165, 1.54) is 12.1 Å². The molecular formula is C19H20FN5OS. The molecule has 0 saturated carbocycles. The Morgan fingerprint density at radius 3 is 2.59 bits per heavy atom. The predicted octanol–water partition coefficient (Wildman–Crippen LogP) is 4.34. The maximum Gasteiger partial charge on any atom is 0.232 e. The van der Waals surface area contributed by atoms with Gasteiger partial charge in [-0.15, -0.1) is 11.8 Å². The monoisotopic (exact) mass is 385 g/mol. The minimum Gasteiger partial charge on any atom is -0.495 e. The van der Waals surface area contributed by atoms with Gasteiger partial charge in [-0.2, -0.15) is 15.0 Å². The lowest BCUT2D eigenvalue weighted by Gasteiger charge is -2.13. The molecule has 0 aliphatic heterocycles. The van der Waals surface area contributed by atoms with Crippen LogP contribution in [-0.2, 0) is 5.75 Å². The maximum absolute atomic E-state index is 13.1. The topological polar surface area (TPSA) is 86.0 Å². The highest BCUT2D eigenvalue weighted by molar-refractivity contribution is 7.98. The molecule has 0 aliphatic rings. The maximum atomic E-state index is 13.1. The molecule has 1 atom stereocenters. The van der Waals surface area contributed by atoms with E-state index >= 15 is 0 Å². The molecule has 0 fully saturated rings. The predicted molar refractivity (Wildman–Crippen MR) is 107 cm³/mol. The molecule has 6 nitrogen and oxygen atoms in total. The molecule has 3 rings (SSSR count). The van der Waals surface area contributed by atoms with Crippen molar-refractivity contribution in [1.29, 1.82) is 0 Å². The molecule has 1 unspecified atom stereocenters. The minimum atomic E-state index is -0.242. The van der Waals surface area contributed by atoms with Gasteiger partial charge in [0.25, 0.3) is 0 Å². The summed E-state index contributed by atoms with van der Waals surface area (Å²) in [5.41, 5.74) is 7.61. The number of nitrogens with zero attached hydrogens (tertiary/aromatic N) is 3. The molecule has 0 radical (unpaired) electrons. The smallest absolute Gasteiger partial charge is 0.232 e. The van der Waals surface area contributed by atoms with Crippen molar-refractivity contribution < 1.29 is 9.13 Å². The summed E-state index contributed by atoms with van der Waals surface area (Å²) in [5.74, 6) is 2.06. The van der Waals surface area contributed by atoms with Crippen LogP contribution >= 0.6 is 11.8 Å². The van der Waals surface area contributed by atoms with Crippen LogP contribution in [-0.4, -0.2) is 22.1 Å². The van der Waals surface area contributed by atoms with Crippen molar-refractivity contribution in [2.45, 2.75) is 17.9 Å². The van der Waals surface area contributed by atoms with E-state index in [1.54, 1.807) is 31.0 Å². The van der Waals surface area contributed by atoms with E-state index in [1.807, 2.05) is 24.3 Å². The van der Waals surface area contributed by atoms with Crippen molar-refractivity contribution in [2.75, 3.05) is 18.2 Å². The van der Waals surface area contributed by atoms with Crippen molar-refractivity contribution in [2.24, 2.45) is 0 Å². The van der Waals surface area contributed by atoms with E-state index in [0.29, 0.717) is 23.3 Å². The number of methoxy groups -OCH3 is 1. The van der Waals surface area contributed by atoms with Gasteiger partial charge in [0.05, 0.1) is 18.6 Å². The van der Waals surface area contributed by atoms with Gasteiger partial charge in [0.15, 0.2) is 0 Å². The van der Waals surface area contributed by atoms with Gasteiger partial charge >= 0.3 is 0 Å². The first-order valence-corrected chi connectivity index (χ1v) is 9.37. The van der Waals surface area contributed by atoms with Crippen molar-refractivity contribution in [3.8, 4) is 5.75 Å². The molecule has 1 aromatic heterocycles. The van der Waals surface area contributed by atoms with Crippen LogP contribution in [0.5, 0.6) is 5.75 Å². The molecule has 27 heavy (non-hydrogen) atoms. The fourth-order valence-corrected chi connectivity index (χ4v) is 3.33. The summed E-state index contributed by atoms with van der Waals surface area (Å²) < 4.78 is 18.4. The molecule has 140 valence electrons. The zero-order chi connectivity index (χ0) is 19.2. The molecule has 3 N–H and O–H groups in total. The summed E-state index contributed by atoms with van der Waals surface area (Å²) in [6.45, 7) is 2.05. The lowest BCUT2D eigenvalue weighted by Crippen LogP contribution is -2.07. The number of hydrogen-bond donors (Lipinski definition) is 2. The summed E-state index contributed by atoms with van der Waals surface area (Å²) in [4.78, 5) is 12.8. The summed E-state index contributed by atoms with van der Waals surface area (Å²) in [6, 6.07) is 14.0. The van der Waals surface area contributed by atoms with Crippen LogP contribution in [0.25, 0.3) is 0 Å². The molecule has 8 heteroatoms. The third kappa shape index (κ3) is 5.07. The van der Waals surface area contributed by atoms with Crippen LogP contribution < -0.4 is 15.8 Å². The molecular weight excluding hydrogens is 365 g/mol. The Morgan fingerprint density at radius 1 is 1.11 bits per heavy atom. The van der Waals surface area contributed by atoms with Crippen LogP contribution in [0, 0.1) is 5.82 Å². The van der Waals surface area contributed by atoms with Crippen LogP contribution in [0.4, 0.5) is 22.0 Å². The Balaban J connectivity index is 1.70. The first-order chi connectivity index (χ1) is 13.0. The average molecular weight is 385 g/mol. The van der Waals surface area contributed by atoms with E-state index in [4.69, 9.17) is 10.5 Å². The largest absolute Gasteiger partial charge is 0.495 e. The van der Waals surface area contributed by atoms with Crippen LogP contribution in [0.15, 0.2) is 48.5 Å². The molecule has 2 aromatic carbocycles. The van der Waals surface area contributed by atoms with E-state index in [-0.39, 0.29) is 17.0 Å². The van der Waals surface area contributed by atoms with Crippen LogP contribution in [0.2, 0.25) is 0 Å². The van der Waals surface area contributed by atoms with E-state index in [0.717, 1.165) is 11.3 Å². The third-order valence-electron chi connectivity index (χ3n) is 3.85. The number of anilines is 3.